The smallest absolute Gasteiger partial charge is 0.417 e. The molecule has 1 aliphatic carbocycles. The van der Waals surface area contributed by atoms with E-state index in [-0.39, 0.29) is 12.4 Å². The Morgan fingerprint density at radius 2 is 1.42 bits per heavy atom. The molecule has 2 aliphatic heterocycles. The lowest BCUT2D eigenvalue weighted by molar-refractivity contribution is -0.139. The van der Waals surface area contributed by atoms with Crippen LogP contribution in [0, 0.1) is 5.92 Å². The lowest BCUT2D eigenvalue weighted by Gasteiger charge is -2.48. The first-order valence-electron chi connectivity index (χ1n) is 14.2. The van der Waals surface area contributed by atoms with Crippen molar-refractivity contribution >= 4 is 17.8 Å². The Hall–Kier alpha value is -5.11. The molecule has 8 nitrogen and oxygen atoms in total. The fraction of sp³-hybridized carbons (Fsp3) is 0.229. The summed E-state index contributed by atoms with van der Waals surface area (Å²) in [5.74, 6) is -1.40. The molecule has 4 aromatic carbocycles. The third kappa shape index (κ3) is 4.24. The van der Waals surface area contributed by atoms with E-state index in [1.807, 2.05) is 78.9 Å². The van der Waals surface area contributed by atoms with Crippen LogP contribution < -0.4 is 14.2 Å². The van der Waals surface area contributed by atoms with Gasteiger partial charge in [-0.15, -0.1) is 0 Å². The quantitative estimate of drug-likeness (QED) is 0.252. The minimum Gasteiger partial charge on any atom is -0.493 e. The van der Waals surface area contributed by atoms with Gasteiger partial charge in [-0.3, -0.25) is 9.59 Å². The van der Waals surface area contributed by atoms with E-state index in [4.69, 9.17) is 18.9 Å². The molecule has 216 valence electrons. The third-order valence-electron chi connectivity index (χ3n) is 8.76. The number of hydrogen-bond donors (Lipinski definition) is 0. The molecule has 2 bridgehead atoms. The summed E-state index contributed by atoms with van der Waals surface area (Å²) in [7, 11) is 3.08. The molecule has 8 heteroatoms. The fourth-order valence-electron chi connectivity index (χ4n) is 6.83. The summed E-state index contributed by atoms with van der Waals surface area (Å²) in [4.78, 5) is 43.7. The number of rotatable bonds is 6. The predicted molar refractivity (Wildman–Crippen MR) is 156 cm³/mol. The van der Waals surface area contributed by atoms with Gasteiger partial charge in [0.25, 0.3) is 0 Å². The van der Waals surface area contributed by atoms with Gasteiger partial charge in [0, 0.05) is 17.0 Å². The van der Waals surface area contributed by atoms with E-state index in [0.29, 0.717) is 33.9 Å². The Balaban J connectivity index is 1.45. The summed E-state index contributed by atoms with van der Waals surface area (Å²) in [6, 6.07) is 28.9. The summed E-state index contributed by atoms with van der Waals surface area (Å²) in [6.07, 6.45) is -1.51. The SMILES string of the molecule is COc1cc2c(cc1OC)[C@@H](C(=O)c1ccccc1)[C@@H]1c3ccccc3O[C@H]2[C@@H]1C(=O)N1C(=O)OC[C@@H]1c1ccccc1. The zero-order chi connectivity index (χ0) is 29.7. The fourth-order valence-corrected chi connectivity index (χ4v) is 6.83. The van der Waals surface area contributed by atoms with Crippen LogP contribution in [0.25, 0.3) is 0 Å². The zero-order valence-electron chi connectivity index (χ0n) is 23.6. The number of cyclic esters (lactones) is 1. The number of nitrogens with zero attached hydrogens (tertiary/aromatic N) is 1. The van der Waals surface area contributed by atoms with Gasteiger partial charge in [0.1, 0.15) is 24.5 Å². The first-order chi connectivity index (χ1) is 21.0. The number of amides is 2. The van der Waals surface area contributed by atoms with Crippen LogP contribution in [0.2, 0.25) is 0 Å². The summed E-state index contributed by atoms with van der Waals surface area (Å²) in [5, 5.41) is 0. The number of benzene rings is 4. The van der Waals surface area contributed by atoms with Crippen LogP contribution in [0.1, 0.15) is 56.6 Å². The van der Waals surface area contributed by atoms with Crippen LogP contribution in [0.4, 0.5) is 4.79 Å². The van der Waals surface area contributed by atoms with Crippen molar-refractivity contribution < 1.29 is 33.3 Å². The molecule has 0 aromatic heterocycles. The van der Waals surface area contributed by atoms with Gasteiger partial charge in [-0.1, -0.05) is 78.9 Å². The van der Waals surface area contributed by atoms with Crippen molar-refractivity contribution in [3.63, 3.8) is 0 Å². The Kier molecular flexibility index (Phi) is 6.61. The zero-order valence-corrected chi connectivity index (χ0v) is 23.6. The molecular formula is C35H29NO7. The van der Waals surface area contributed by atoms with E-state index < -0.39 is 41.9 Å². The number of Topliss-reactive ketones (excluding diaryl/α,β-unsaturated/α-hetero) is 1. The summed E-state index contributed by atoms with van der Waals surface area (Å²) in [6.45, 7) is 0.0437. The second-order valence-electron chi connectivity index (χ2n) is 10.9. The molecule has 0 N–H and O–H groups in total. The van der Waals surface area contributed by atoms with E-state index >= 15 is 0 Å². The standard InChI is InChI=1S/C35H29NO7/c1-40-27-17-23-24(18-28(27)41-2)33-31(34(38)36-25(19-42-35(36)39)20-11-5-3-6-12-20)29(22-15-9-10-16-26(22)43-33)30(23)32(37)21-13-7-4-8-14-21/h3-18,25,29-31,33H,19H2,1-2H3/t25-,29+,30-,31-,33-/m1/s1. The highest BCUT2D eigenvalue weighted by atomic mass is 16.6. The maximum Gasteiger partial charge on any atom is 0.417 e. The van der Waals surface area contributed by atoms with Crippen molar-refractivity contribution in [2.24, 2.45) is 5.92 Å². The van der Waals surface area contributed by atoms with Crippen LogP contribution in [-0.2, 0) is 9.53 Å². The van der Waals surface area contributed by atoms with Crippen LogP contribution in [-0.4, -0.2) is 43.5 Å². The van der Waals surface area contributed by atoms with E-state index in [1.54, 1.807) is 25.3 Å². The average Bonchev–Trinajstić information content (AvgIpc) is 3.45. The van der Waals surface area contributed by atoms with Gasteiger partial charge >= 0.3 is 6.09 Å². The molecule has 2 amide bonds. The highest BCUT2D eigenvalue weighted by Gasteiger charge is 2.57. The lowest BCUT2D eigenvalue weighted by Crippen LogP contribution is -2.50. The largest absolute Gasteiger partial charge is 0.493 e. The van der Waals surface area contributed by atoms with Gasteiger partial charge in [0.05, 0.1) is 26.1 Å². The second kappa shape index (κ2) is 10.6. The number of methoxy groups -OCH3 is 2. The van der Waals surface area contributed by atoms with Gasteiger partial charge in [-0.05, 0) is 34.9 Å². The number of ether oxygens (including phenoxy) is 4. The van der Waals surface area contributed by atoms with Crippen molar-refractivity contribution in [1.29, 1.82) is 0 Å². The van der Waals surface area contributed by atoms with Crippen LogP contribution in [0.5, 0.6) is 17.2 Å². The van der Waals surface area contributed by atoms with Gasteiger partial charge in [-0.2, -0.15) is 0 Å². The van der Waals surface area contributed by atoms with E-state index in [9.17, 15) is 14.4 Å². The first kappa shape index (κ1) is 26.8. The molecule has 0 unspecified atom stereocenters. The van der Waals surface area contributed by atoms with Gasteiger partial charge in [0.15, 0.2) is 17.3 Å². The first-order valence-corrected chi connectivity index (χ1v) is 14.2. The monoisotopic (exact) mass is 575 g/mol. The molecule has 7 rings (SSSR count). The van der Waals surface area contributed by atoms with Crippen molar-refractivity contribution in [3.8, 4) is 17.2 Å². The number of carbonyl (C=O) groups excluding carboxylic acids is 3. The molecule has 0 radical (unpaired) electrons. The molecule has 5 atom stereocenters. The number of imide groups is 1. The van der Waals surface area contributed by atoms with E-state index in [2.05, 4.69) is 0 Å². The number of para-hydroxylation sites is 1. The molecule has 43 heavy (non-hydrogen) atoms. The lowest BCUT2D eigenvalue weighted by atomic mass is 9.61. The van der Waals surface area contributed by atoms with Gasteiger partial charge < -0.3 is 18.9 Å². The number of fused-ring (bicyclic) bond motifs is 6. The highest BCUT2D eigenvalue weighted by Crippen LogP contribution is 2.60. The molecule has 2 heterocycles. The number of ketones is 1. The Morgan fingerprint density at radius 3 is 2.12 bits per heavy atom. The molecule has 1 fully saturated rings. The Morgan fingerprint density at radius 1 is 0.791 bits per heavy atom. The van der Waals surface area contributed by atoms with Crippen molar-refractivity contribution in [2.75, 3.05) is 20.8 Å². The molecular weight excluding hydrogens is 546 g/mol. The van der Waals surface area contributed by atoms with Crippen molar-refractivity contribution in [3.05, 3.63) is 125 Å². The van der Waals surface area contributed by atoms with Crippen LogP contribution >= 0.6 is 0 Å². The summed E-state index contributed by atoms with van der Waals surface area (Å²) < 4.78 is 23.3. The van der Waals surface area contributed by atoms with Crippen molar-refractivity contribution in [1.82, 2.24) is 4.90 Å². The molecule has 0 saturated carbocycles. The van der Waals surface area contributed by atoms with E-state index in [1.165, 1.54) is 12.0 Å². The van der Waals surface area contributed by atoms with Crippen LogP contribution in [0.3, 0.4) is 0 Å². The average molecular weight is 576 g/mol. The number of hydrogen-bond acceptors (Lipinski definition) is 7. The third-order valence-corrected chi connectivity index (χ3v) is 8.76. The van der Waals surface area contributed by atoms with Gasteiger partial charge in [0.2, 0.25) is 5.91 Å². The minimum absolute atomic E-state index is 0.0437. The highest BCUT2D eigenvalue weighted by molar-refractivity contribution is 6.04. The molecule has 1 saturated heterocycles. The number of carbonyl (C=O) groups is 3. The van der Waals surface area contributed by atoms with E-state index in [0.717, 1.165) is 11.1 Å². The maximum atomic E-state index is 14.8. The molecule has 4 aromatic rings. The van der Waals surface area contributed by atoms with Gasteiger partial charge in [-0.25, -0.2) is 9.69 Å². The summed E-state index contributed by atoms with van der Waals surface area (Å²) >= 11 is 0. The second-order valence-corrected chi connectivity index (χ2v) is 10.9. The molecule has 3 aliphatic rings. The minimum atomic E-state index is -0.907. The summed E-state index contributed by atoms with van der Waals surface area (Å²) in [5.41, 5.74) is 3.37. The van der Waals surface area contributed by atoms with Crippen LogP contribution in [0.15, 0.2) is 97.1 Å². The predicted octanol–water partition coefficient (Wildman–Crippen LogP) is 6.24. The normalized spacial score (nSPS) is 23.3. The topological polar surface area (TPSA) is 91.4 Å². The van der Waals surface area contributed by atoms with Crippen molar-refractivity contribution in [2.45, 2.75) is 24.0 Å². The molecule has 0 spiro atoms. The Labute approximate surface area is 248 Å². The maximum absolute atomic E-state index is 14.8. The Bertz CT molecular complexity index is 1720.